The highest BCUT2D eigenvalue weighted by molar-refractivity contribution is 7.20. The summed E-state index contributed by atoms with van der Waals surface area (Å²) in [4.78, 5) is 14.0. The number of ether oxygens (including phenoxy) is 2. The first-order chi connectivity index (χ1) is 14.1. The number of aromatic nitrogens is 2. The minimum atomic E-state index is -0.340. The smallest absolute Gasteiger partial charge is 0.261 e. The van der Waals surface area contributed by atoms with Gasteiger partial charge in [0.15, 0.2) is 11.5 Å². The lowest BCUT2D eigenvalue weighted by Crippen LogP contribution is -2.21. The fourth-order valence-corrected chi connectivity index (χ4v) is 4.31. The molecule has 2 aromatic carbocycles. The van der Waals surface area contributed by atoms with Crippen LogP contribution in [0.4, 0.5) is 4.39 Å². The average molecular weight is 409 g/mol. The van der Waals surface area contributed by atoms with Crippen LogP contribution in [-0.4, -0.2) is 22.5 Å². The van der Waals surface area contributed by atoms with E-state index in [4.69, 9.17) is 9.47 Å². The number of carbonyl (C=O) groups is 1. The molecule has 1 aliphatic heterocycles. The molecular formula is C21H16FN3O3S. The van der Waals surface area contributed by atoms with E-state index in [2.05, 4.69) is 10.4 Å². The van der Waals surface area contributed by atoms with Gasteiger partial charge in [-0.25, -0.2) is 4.39 Å². The first kappa shape index (κ1) is 17.7. The van der Waals surface area contributed by atoms with Crippen LogP contribution < -0.4 is 14.8 Å². The molecule has 8 heteroatoms. The predicted octanol–water partition coefficient (Wildman–Crippen LogP) is 4.10. The van der Waals surface area contributed by atoms with Crippen LogP contribution in [0.15, 0.2) is 48.5 Å². The molecule has 0 atom stereocenters. The molecular weight excluding hydrogens is 393 g/mol. The Morgan fingerprint density at radius 3 is 2.90 bits per heavy atom. The van der Waals surface area contributed by atoms with Gasteiger partial charge in [0.25, 0.3) is 5.91 Å². The Morgan fingerprint density at radius 1 is 1.21 bits per heavy atom. The topological polar surface area (TPSA) is 65.4 Å². The average Bonchev–Trinajstić information content (AvgIpc) is 3.43. The number of benzene rings is 2. The number of thiophene rings is 1. The number of amides is 1. The highest BCUT2D eigenvalue weighted by atomic mass is 32.1. The number of hydrogen-bond acceptors (Lipinski definition) is 5. The third-order valence-corrected chi connectivity index (χ3v) is 5.95. The van der Waals surface area contributed by atoms with E-state index in [1.54, 1.807) is 36.0 Å². The molecule has 146 valence electrons. The van der Waals surface area contributed by atoms with Gasteiger partial charge in [0.1, 0.15) is 16.3 Å². The molecule has 2 aromatic heterocycles. The van der Waals surface area contributed by atoms with Gasteiger partial charge in [-0.2, -0.15) is 5.10 Å². The number of hydrogen-bond donors (Lipinski definition) is 1. The van der Waals surface area contributed by atoms with Crippen LogP contribution in [0.1, 0.15) is 15.2 Å². The molecule has 5 rings (SSSR count). The number of halogens is 1. The molecule has 0 aliphatic carbocycles. The van der Waals surface area contributed by atoms with Gasteiger partial charge in [-0.3, -0.25) is 9.48 Å². The highest BCUT2D eigenvalue weighted by Crippen LogP contribution is 2.35. The zero-order chi connectivity index (χ0) is 20.0. The largest absolute Gasteiger partial charge is 0.454 e. The molecule has 0 saturated heterocycles. The van der Waals surface area contributed by atoms with E-state index in [0.29, 0.717) is 34.2 Å². The minimum Gasteiger partial charge on any atom is -0.454 e. The molecule has 4 aromatic rings. The van der Waals surface area contributed by atoms with Crippen LogP contribution in [0.3, 0.4) is 0 Å². The van der Waals surface area contributed by atoms with Crippen molar-refractivity contribution in [1.82, 2.24) is 15.1 Å². The minimum absolute atomic E-state index is 0.191. The number of rotatable bonds is 4. The van der Waals surface area contributed by atoms with Crippen molar-refractivity contribution in [3.63, 3.8) is 0 Å². The van der Waals surface area contributed by atoms with E-state index >= 15 is 0 Å². The fraction of sp³-hybridized carbons (Fsp3) is 0.143. The van der Waals surface area contributed by atoms with Gasteiger partial charge in [-0.1, -0.05) is 18.2 Å². The number of nitrogens with zero attached hydrogens (tertiary/aromatic N) is 2. The Morgan fingerprint density at radius 2 is 2.03 bits per heavy atom. The summed E-state index contributed by atoms with van der Waals surface area (Å²) < 4.78 is 26.6. The van der Waals surface area contributed by atoms with Gasteiger partial charge in [0.2, 0.25) is 6.79 Å². The Bertz CT molecular complexity index is 1250. The van der Waals surface area contributed by atoms with Crippen LogP contribution in [-0.2, 0) is 13.6 Å². The molecule has 0 fully saturated rings. The third kappa shape index (κ3) is 3.11. The Labute approximate surface area is 169 Å². The fourth-order valence-electron chi connectivity index (χ4n) is 3.33. The van der Waals surface area contributed by atoms with Gasteiger partial charge in [-0.05, 0) is 35.9 Å². The second kappa shape index (κ2) is 6.89. The number of fused-ring (bicyclic) bond motifs is 2. The van der Waals surface area contributed by atoms with E-state index < -0.39 is 0 Å². The maximum Gasteiger partial charge on any atom is 0.261 e. The van der Waals surface area contributed by atoms with E-state index in [-0.39, 0.29) is 18.5 Å². The maximum absolute atomic E-state index is 14.2. The Kier molecular flexibility index (Phi) is 4.21. The number of nitrogens with one attached hydrogen (secondary N) is 1. The Balaban J connectivity index is 1.40. The molecule has 0 bridgehead atoms. The quantitative estimate of drug-likeness (QED) is 0.551. The van der Waals surface area contributed by atoms with Crippen molar-refractivity contribution in [2.45, 2.75) is 6.54 Å². The van der Waals surface area contributed by atoms with Crippen molar-refractivity contribution in [1.29, 1.82) is 0 Å². The first-order valence-electron chi connectivity index (χ1n) is 8.98. The van der Waals surface area contributed by atoms with Gasteiger partial charge in [-0.15, -0.1) is 11.3 Å². The molecule has 3 heterocycles. The van der Waals surface area contributed by atoms with E-state index in [0.717, 1.165) is 15.8 Å². The van der Waals surface area contributed by atoms with Crippen molar-refractivity contribution >= 4 is 27.5 Å². The van der Waals surface area contributed by atoms with Crippen LogP contribution in [0.2, 0.25) is 0 Å². The van der Waals surface area contributed by atoms with Crippen molar-refractivity contribution in [2.24, 2.45) is 7.05 Å². The lowest BCUT2D eigenvalue weighted by Gasteiger charge is -2.05. The summed E-state index contributed by atoms with van der Waals surface area (Å²) in [6.07, 6.45) is 0. The normalized spacial score (nSPS) is 12.5. The zero-order valence-electron chi connectivity index (χ0n) is 15.4. The summed E-state index contributed by atoms with van der Waals surface area (Å²) >= 11 is 1.33. The zero-order valence-corrected chi connectivity index (χ0v) is 16.3. The standard InChI is InChI=1S/C21H16FN3O3S/c1-25-21-14(19(24-25)13-4-2-3-5-15(13)22)9-18(29-21)20(26)23-10-12-6-7-16-17(8-12)28-11-27-16/h2-9H,10-11H2,1H3,(H,23,26). The van der Waals surface area contributed by atoms with Crippen LogP contribution in [0.5, 0.6) is 11.5 Å². The molecule has 1 aliphatic rings. The summed E-state index contributed by atoms with van der Waals surface area (Å²) in [7, 11) is 1.79. The van der Waals surface area contributed by atoms with E-state index in [1.165, 1.54) is 17.4 Å². The molecule has 29 heavy (non-hydrogen) atoms. The molecule has 0 spiro atoms. The van der Waals surface area contributed by atoms with Crippen molar-refractivity contribution in [3.8, 4) is 22.8 Å². The summed E-state index contributed by atoms with van der Waals surface area (Å²) in [6.45, 7) is 0.577. The van der Waals surface area contributed by atoms with Gasteiger partial charge >= 0.3 is 0 Å². The molecule has 1 amide bonds. The molecule has 6 nitrogen and oxygen atoms in total. The van der Waals surface area contributed by atoms with Gasteiger partial charge < -0.3 is 14.8 Å². The second-order valence-electron chi connectivity index (χ2n) is 6.65. The predicted molar refractivity (Wildman–Crippen MR) is 108 cm³/mol. The van der Waals surface area contributed by atoms with Crippen LogP contribution >= 0.6 is 11.3 Å². The summed E-state index contributed by atoms with van der Waals surface area (Å²) in [6, 6.07) is 13.8. The number of aryl methyl sites for hydroxylation is 1. The monoisotopic (exact) mass is 409 g/mol. The van der Waals surface area contributed by atoms with Gasteiger partial charge in [0.05, 0.1) is 4.88 Å². The van der Waals surface area contributed by atoms with E-state index in [9.17, 15) is 9.18 Å². The SMILES string of the molecule is Cn1nc(-c2ccccc2F)c2cc(C(=O)NCc3ccc4c(c3)OCO4)sc21. The molecule has 0 radical (unpaired) electrons. The lowest BCUT2D eigenvalue weighted by molar-refractivity contribution is 0.0955. The van der Waals surface area contributed by atoms with Crippen molar-refractivity contribution in [2.75, 3.05) is 6.79 Å². The summed E-state index contributed by atoms with van der Waals surface area (Å²) in [5.74, 6) is 0.854. The van der Waals surface area contributed by atoms with Crippen molar-refractivity contribution in [3.05, 3.63) is 64.8 Å². The van der Waals surface area contributed by atoms with Crippen LogP contribution in [0, 0.1) is 5.82 Å². The maximum atomic E-state index is 14.2. The van der Waals surface area contributed by atoms with Crippen LogP contribution in [0.25, 0.3) is 21.5 Å². The Hall–Kier alpha value is -3.39. The second-order valence-corrected chi connectivity index (χ2v) is 7.68. The van der Waals surface area contributed by atoms with Crippen molar-refractivity contribution < 1.29 is 18.7 Å². The van der Waals surface area contributed by atoms with E-state index in [1.807, 2.05) is 18.2 Å². The highest BCUT2D eigenvalue weighted by Gasteiger charge is 2.20. The van der Waals surface area contributed by atoms with Gasteiger partial charge in [0, 0.05) is 24.5 Å². The molecule has 1 N–H and O–H groups in total. The lowest BCUT2D eigenvalue weighted by atomic mass is 10.1. The summed E-state index contributed by atoms with van der Waals surface area (Å²) in [5, 5.41) is 8.12. The third-order valence-electron chi connectivity index (χ3n) is 4.75. The number of carbonyl (C=O) groups excluding carboxylic acids is 1. The molecule has 0 saturated carbocycles. The first-order valence-corrected chi connectivity index (χ1v) is 9.80. The summed E-state index contributed by atoms with van der Waals surface area (Å²) in [5.41, 5.74) is 1.87. The molecule has 0 unspecified atom stereocenters.